The standard InChI is InChI=1S/C13H21IO2/c1-2-10-4-3-6-13(7-5-10)8-12(15)16-11(13)9-14/h10-11H,2-9H2,1H3. The first-order valence-electron chi connectivity index (χ1n) is 6.45. The topological polar surface area (TPSA) is 26.3 Å². The van der Waals surface area contributed by atoms with Crippen molar-refractivity contribution in [3.63, 3.8) is 0 Å². The number of rotatable bonds is 2. The van der Waals surface area contributed by atoms with Crippen LogP contribution in [0.1, 0.15) is 51.9 Å². The lowest BCUT2D eigenvalue weighted by atomic mass is 9.75. The Morgan fingerprint density at radius 3 is 2.94 bits per heavy atom. The van der Waals surface area contributed by atoms with Crippen LogP contribution in [0.25, 0.3) is 0 Å². The SMILES string of the molecule is CCC1CCCC2(CC1)CC(=O)OC2CI. The molecule has 1 heterocycles. The van der Waals surface area contributed by atoms with E-state index in [4.69, 9.17) is 4.74 Å². The van der Waals surface area contributed by atoms with E-state index in [1.54, 1.807) is 0 Å². The van der Waals surface area contributed by atoms with Gasteiger partial charge in [0.15, 0.2) is 0 Å². The Morgan fingerprint density at radius 1 is 1.44 bits per heavy atom. The zero-order valence-corrected chi connectivity index (χ0v) is 12.2. The molecule has 1 saturated heterocycles. The van der Waals surface area contributed by atoms with Crippen LogP contribution in [0.5, 0.6) is 0 Å². The minimum atomic E-state index is 0.0385. The molecule has 0 radical (unpaired) electrons. The average molecular weight is 336 g/mol. The smallest absolute Gasteiger partial charge is 0.306 e. The molecule has 2 nitrogen and oxygen atoms in total. The Hall–Kier alpha value is 0.200. The molecule has 1 aliphatic carbocycles. The lowest BCUT2D eigenvalue weighted by molar-refractivity contribution is -0.140. The molecule has 3 unspecified atom stereocenters. The van der Waals surface area contributed by atoms with Gasteiger partial charge in [-0.05, 0) is 25.2 Å². The number of hydrogen-bond acceptors (Lipinski definition) is 2. The fourth-order valence-corrected chi connectivity index (χ4v) is 4.45. The van der Waals surface area contributed by atoms with E-state index >= 15 is 0 Å². The quantitative estimate of drug-likeness (QED) is 0.437. The molecule has 0 aromatic carbocycles. The first kappa shape index (κ1) is 12.7. The van der Waals surface area contributed by atoms with Crippen molar-refractivity contribution in [2.45, 2.75) is 58.0 Å². The van der Waals surface area contributed by atoms with Crippen LogP contribution < -0.4 is 0 Å². The van der Waals surface area contributed by atoms with E-state index in [1.165, 1.54) is 38.5 Å². The van der Waals surface area contributed by atoms with Crippen LogP contribution in [0, 0.1) is 11.3 Å². The first-order valence-corrected chi connectivity index (χ1v) is 7.98. The Bertz CT molecular complexity index is 267. The molecule has 2 aliphatic rings. The normalized spacial score (nSPS) is 39.8. The lowest BCUT2D eigenvalue weighted by Crippen LogP contribution is -2.31. The largest absolute Gasteiger partial charge is 0.461 e. The van der Waals surface area contributed by atoms with Gasteiger partial charge in [0, 0.05) is 9.84 Å². The number of carbonyl (C=O) groups is 1. The third kappa shape index (κ3) is 2.39. The van der Waals surface area contributed by atoms with Gasteiger partial charge in [-0.3, -0.25) is 4.79 Å². The Morgan fingerprint density at radius 2 is 2.25 bits per heavy atom. The molecule has 1 spiro atoms. The Labute approximate surface area is 112 Å². The Balaban J connectivity index is 2.08. The molecule has 16 heavy (non-hydrogen) atoms. The fourth-order valence-electron chi connectivity index (χ4n) is 3.33. The molecule has 0 bridgehead atoms. The summed E-state index contributed by atoms with van der Waals surface area (Å²) in [4.78, 5) is 11.5. The third-order valence-electron chi connectivity index (χ3n) is 4.51. The van der Waals surface area contributed by atoms with Gasteiger partial charge in [-0.15, -0.1) is 0 Å². The number of ether oxygens (including phenoxy) is 1. The maximum Gasteiger partial charge on any atom is 0.306 e. The van der Waals surface area contributed by atoms with Gasteiger partial charge in [-0.25, -0.2) is 0 Å². The van der Waals surface area contributed by atoms with Crippen molar-refractivity contribution in [1.29, 1.82) is 0 Å². The first-order chi connectivity index (χ1) is 7.70. The van der Waals surface area contributed by atoms with Crippen LogP contribution in [0.15, 0.2) is 0 Å². The number of alkyl halides is 1. The van der Waals surface area contributed by atoms with Crippen molar-refractivity contribution >= 4 is 28.6 Å². The van der Waals surface area contributed by atoms with Gasteiger partial charge in [0.25, 0.3) is 0 Å². The molecule has 2 fully saturated rings. The van der Waals surface area contributed by atoms with Crippen LogP contribution in [0.3, 0.4) is 0 Å². The van der Waals surface area contributed by atoms with Crippen LogP contribution in [-0.2, 0) is 9.53 Å². The summed E-state index contributed by atoms with van der Waals surface area (Å²) >= 11 is 2.36. The summed E-state index contributed by atoms with van der Waals surface area (Å²) in [6, 6.07) is 0. The Kier molecular flexibility index (Phi) is 4.14. The lowest BCUT2D eigenvalue weighted by Gasteiger charge is -2.30. The van der Waals surface area contributed by atoms with E-state index in [0.29, 0.717) is 6.42 Å². The molecule has 3 heteroatoms. The zero-order valence-electron chi connectivity index (χ0n) is 10.0. The number of cyclic esters (lactones) is 1. The van der Waals surface area contributed by atoms with Crippen LogP contribution in [-0.4, -0.2) is 16.5 Å². The van der Waals surface area contributed by atoms with E-state index in [2.05, 4.69) is 29.5 Å². The highest BCUT2D eigenvalue weighted by Gasteiger charge is 2.48. The number of esters is 1. The van der Waals surface area contributed by atoms with Gasteiger partial charge in [-0.2, -0.15) is 0 Å². The summed E-state index contributed by atoms with van der Waals surface area (Å²) in [5, 5.41) is 0. The van der Waals surface area contributed by atoms with E-state index in [1.807, 2.05) is 0 Å². The second-order valence-electron chi connectivity index (χ2n) is 5.38. The second-order valence-corrected chi connectivity index (χ2v) is 6.26. The van der Waals surface area contributed by atoms with Crippen molar-refractivity contribution < 1.29 is 9.53 Å². The number of halogens is 1. The van der Waals surface area contributed by atoms with Crippen molar-refractivity contribution in [3.8, 4) is 0 Å². The molecule has 0 N–H and O–H groups in total. The average Bonchev–Trinajstić information content (AvgIpc) is 2.46. The van der Waals surface area contributed by atoms with Gasteiger partial charge in [-0.1, -0.05) is 48.8 Å². The van der Waals surface area contributed by atoms with Crippen molar-refractivity contribution in [1.82, 2.24) is 0 Å². The van der Waals surface area contributed by atoms with Crippen LogP contribution >= 0.6 is 22.6 Å². The molecule has 3 atom stereocenters. The van der Waals surface area contributed by atoms with Gasteiger partial charge in [0.1, 0.15) is 6.10 Å². The number of carbonyl (C=O) groups excluding carboxylic acids is 1. The fraction of sp³-hybridized carbons (Fsp3) is 0.923. The van der Waals surface area contributed by atoms with Gasteiger partial charge in [0.05, 0.1) is 6.42 Å². The molecule has 0 aromatic rings. The van der Waals surface area contributed by atoms with Crippen molar-refractivity contribution in [2.75, 3.05) is 4.43 Å². The monoisotopic (exact) mass is 336 g/mol. The predicted molar refractivity (Wildman–Crippen MR) is 72.7 cm³/mol. The maximum absolute atomic E-state index is 11.5. The molecular weight excluding hydrogens is 315 g/mol. The highest BCUT2D eigenvalue weighted by atomic mass is 127. The summed E-state index contributed by atoms with van der Waals surface area (Å²) in [6.07, 6.45) is 8.48. The summed E-state index contributed by atoms with van der Waals surface area (Å²) in [5.74, 6) is 0.918. The van der Waals surface area contributed by atoms with Crippen LogP contribution in [0.2, 0.25) is 0 Å². The van der Waals surface area contributed by atoms with E-state index in [0.717, 1.165) is 10.3 Å². The van der Waals surface area contributed by atoms with Gasteiger partial charge in [0.2, 0.25) is 0 Å². The summed E-state index contributed by atoms with van der Waals surface area (Å²) in [7, 11) is 0. The summed E-state index contributed by atoms with van der Waals surface area (Å²) in [5.41, 5.74) is 0.197. The highest BCUT2D eigenvalue weighted by molar-refractivity contribution is 14.1. The van der Waals surface area contributed by atoms with E-state index in [-0.39, 0.29) is 17.5 Å². The number of hydrogen-bond donors (Lipinski definition) is 0. The molecular formula is C13H21IO2. The molecule has 1 saturated carbocycles. The van der Waals surface area contributed by atoms with Crippen LogP contribution in [0.4, 0.5) is 0 Å². The summed E-state index contributed by atoms with van der Waals surface area (Å²) < 4.78 is 6.44. The molecule has 92 valence electrons. The molecule has 0 amide bonds. The highest BCUT2D eigenvalue weighted by Crippen LogP contribution is 2.48. The minimum absolute atomic E-state index is 0.0385. The summed E-state index contributed by atoms with van der Waals surface area (Å²) in [6.45, 7) is 2.29. The predicted octanol–water partition coefficient (Wildman–Crippen LogP) is 3.71. The molecule has 0 aromatic heterocycles. The van der Waals surface area contributed by atoms with Crippen molar-refractivity contribution in [2.24, 2.45) is 11.3 Å². The second kappa shape index (κ2) is 5.23. The van der Waals surface area contributed by atoms with E-state index < -0.39 is 0 Å². The molecule has 1 aliphatic heterocycles. The van der Waals surface area contributed by atoms with Gasteiger partial charge < -0.3 is 4.74 Å². The zero-order chi connectivity index (χ0) is 11.6. The van der Waals surface area contributed by atoms with Crippen molar-refractivity contribution in [3.05, 3.63) is 0 Å². The molecule has 2 rings (SSSR count). The minimum Gasteiger partial charge on any atom is -0.461 e. The van der Waals surface area contributed by atoms with E-state index in [9.17, 15) is 4.79 Å². The maximum atomic E-state index is 11.5. The van der Waals surface area contributed by atoms with Gasteiger partial charge >= 0.3 is 5.97 Å². The third-order valence-corrected chi connectivity index (χ3v) is 5.31.